The van der Waals surface area contributed by atoms with Crippen LogP contribution >= 0.6 is 12.6 Å². The molecular weight excluding hydrogens is 456 g/mol. The van der Waals surface area contributed by atoms with Crippen molar-refractivity contribution in [2.24, 2.45) is 27.9 Å². The first-order valence-corrected chi connectivity index (χ1v) is 11.1. The van der Waals surface area contributed by atoms with Gasteiger partial charge in [-0.15, -0.1) is 0 Å². The number of hydrogen-bond donors (Lipinski definition) is 10. The van der Waals surface area contributed by atoms with Gasteiger partial charge in [0.2, 0.25) is 17.7 Å². The Morgan fingerprint density at radius 3 is 1.94 bits per heavy atom. The van der Waals surface area contributed by atoms with Crippen molar-refractivity contribution in [2.45, 2.75) is 56.3 Å². The molecule has 0 rings (SSSR count). The third kappa shape index (κ3) is 12.9. The monoisotopic (exact) mass is 492 g/mol. The SMILES string of the molecule is NCCCCC(NC(=O)C(CS)NC(=O)C(CCCN=C(N)N)NC(=O)C(N)CO)C(=O)O. The number of carbonyl (C=O) groups excluding carboxylic acids is 3. The Balaban J connectivity index is 5.21. The number of aliphatic carboxylic acids is 1. The molecular formula is C18H36N8O6S. The van der Waals surface area contributed by atoms with Crippen molar-refractivity contribution in [1.82, 2.24) is 16.0 Å². The number of aliphatic hydroxyl groups is 1. The van der Waals surface area contributed by atoms with Crippen LogP contribution in [0.15, 0.2) is 4.99 Å². The molecule has 14 nitrogen and oxygen atoms in total. The molecule has 33 heavy (non-hydrogen) atoms. The number of aliphatic hydroxyl groups excluding tert-OH is 1. The number of guanidine groups is 1. The Morgan fingerprint density at radius 1 is 0.879 bits per heavy atom. The highest BCUT2D eigenvalue weighted by Crippen LogP contribution is 2.04. The standard InChI is InChI=1S/C18H36N8O6S/c19-6-2-1-4-12(17(31)32)25-16(30)13(9-33)26-15(29)11(5-3-7-23-18(21)22)24-14(28)10(20)8-27/h10-13,27,33H,1-9,19-20H2,(H,24,28)(H,25,30)(H,26,29)(H,31,32)(H4,21,22,23). The first-order chi connectivity index (χ1) is 15.6. The van der Waals surface area contributed by atoms with Gasteiger partial charge in [0.1, 0.15) is 24.2 Å². The minimum absolute atomic E-state index is 0.101. The average Bonchev–Trinajstić information content (AvgIpc) is 2.77. The molecule has 4 atom stereocenters. The molecule has 0 bridgehead atoms. The predicted octanol–water partition coefficient (Wildman–Crippen LogP) is -4.04. The lowest BCUT2D eigenvalue weighted by atomic mass is 10.1. The van der Waals surface area contributed by atoms with E-state index < -0.39 is 54.5 Å². The fourth-order valence-corrected chi connectivity index (χ4v) is 2.88. The van der Waals surface area contributed by atoms with Crippen LogP contribution in [0.5, 0.6) is 0 Å². The molecule has 0 aromatic rings. The summed E-state index contributed by atoms with van der Waals surface area (Å²) in [6.45, 7) is -0.0456. The highest BCUT2D eigenvalue weighted by atomic mass is 32.1. The van der Waals surface area contributed by atoms with E-state index in [0.717, 1.165) is 0 Å². The molecule has 0 heterocycles. The fraction of sp³-hybridized carbons (Fsp3) is 0.722. The molecule has 4 unspecified atom stereocenters. The van der Waals surface area contributed by atoms with Gasteiger partial charge >= 0.3 is 5.97 Å². The summed E-state index contributed by atoms with van der Waals surface area (Å²) in [5.74, 6) is -3.70. The van der Waals surface area contributed by atoms with E-state index in [-0.39, 0.29) is 31.1 Å². The molecule has 0 aliphatic rings. The Bertz CT molecular complexity index is 676. The quantitative estimate of drug-likeness (QED) is 0.0406. The van der Waals surface area contributed by atoms with E-state index >= 15 is 0 Å². The van der Waals surface area contributed by atoms with Gasteiger partial charge < -0.3 is 49.1 Å². The van der Waals surface area contributed by atoms with Crippen molar-refractivity contribution in [3.8, 4) is 0 Å². The predicted molar refractivity (Wildman–Crippen MR) is 125 cm³/mol. The molecule has 15 heteroatoms. The van der Waals surface area contributed by atoms with Gasteiger partial charge in [-0.2, -0.15) is 12.6 Å². The minimum Gasteiger partial charge on any atom is -0.480 e. The first-order valence-electron chi connectivity index (χ1n) is 10.4. The van der Waals surface area contributed by atoms with E-state index in [2.05, 4.69) is 33.6 Å². The topological polar surface area (TPSA) is 261 Å². The first kappa shape index (κ1) is 30.4. The number of carboxylic acid groups (broad SMARTS) is 1. The number of thiol groups is 1. The summed E-state index contributed by atoms with van der Waals surface area (Å²) in [5, 5.41) is 25.6. The molecule has 0 aromatic carbocycles. The van der Waals surface area contributed by atoms with Crippen LogP contribution in [-0.4, -0.2) is 89.5 Å². The van der Waals surface area contributed by atoms with Crippen LogP contribution in [0.1, 0.15) is 32.1 Å². The zero-order valence-corrected chi connectivity index (χ0v) is 19.3. The van der Waals surface area contributed by atoms with E-state index in [1.807, 2.05) is 0 Å². The maximum Gasteiger partial charge on any atom is 0.326 e. The molecule has 0 aromatic heterocycles. The van der Waals surface area contributed by atoms with Gasteiger partial charge in [0.05, 0.1) is 6.61 Å². The summed E-state index contributed by atoms with van der Waals surface area (Å²) < 4.78 is 0. The zero-order valence-electron chi connectivity index (χ0n) is 18.4. The van der Waals surface area contributed by atoms with Crippen molar-refractivity contribution in [3.63, 3.8) is 0 Å². The van der Waals surface area contributed by atoms with Crippen LogP contribution in [0, 0.1) is 0 Å². The number of rotatable bonds is 17. The third-order valence-electron chi connectivity index (χ3n) is 4.49. The molecule has 0 spiro atoms. The van der Waals surface area contributed by atoms with Gasteiger partial charge in [0.25, 0.3) is 0 Å². The average molecular weight is 493 g/mol. The lowest BCUT2D eigenvalue weighted by Gasteiger charge is -2.24. The molecule has 0 saturated heterocycles. The summed E-state index contributed by atoms with van der Waals surface area (Å²) in [6.07, 6.45) is 1.69. The van der Waals surface area contributed by atoms with Crippen LogP contribution < -0.4 is 38.9 Å². The summed E-state index contributed by atoms with van der Waals surface area (Å²) in [6, 6.07) is -4.67. The van der Waals surface area contributed by atoms with E-state index in [1.165, 1.54) is 0 Å². The van der Waals surface area contributed by atoms with Crippen molar-refractivity contribution >= 4 is 42.3 Å². The summed E-state index contributed by atoms with van der Waals surface area (Å²) >= 11 is 4.06. The largest absolute Gasteiger partial charge is 0.480 e. The molecule has 13 N–H and O–H groups in total. The number of unbranched alkanes of at least 4 members (excludes halogenated alkanes) is 1. The number of nitrogens with one attached hydrogen (secondary N) is 3. The van der Waals surface area contributed by atoms with Gasteiger partial charge in [0.15, 0.2) is 5.96 Å². The molecule has 0 radical (unpaired) electrons. The zero-order chi connectivity index (χ0) is 25.4. The van der Waals surface area contributed by atoms with Gasteiger partial charge in [-0.05, 0) is 38.6 Å². The molecule has 0 saturated carbocycles. The number of nitrogens with two attached hydrogens (primary N) is 4. The van der Waals surface area contributed by atoms with E-state index in [0.29, 0.717) is 25.8 Å². The number of amides is 3. The Morgan fingerprint density at radius 2 is 1.42 bits per heavy atom. The Hall–Kier alpha value is -2.62. The maximum absolute atomic E-state index is 12.8. The second-order valence-electron chi connectivity index (χ2n) is 7.23. The maximum atomic E-state index is 12.8. The van der Waals surface area contributed by atoms with Crippen molar-refractivity contribution in [2.75, 3.05) is 25.4 Å². The third-order valence-corrected chi connectivity index (χ3v) is 4.85. The molecule has 0 aliphatic carbocycles. The summed E-state index contributed by atoms with van der Waals surface area (Å²) in [7, 11) is 0. The van der Waals surface area contributed by atoms with Crippen LogP contribution in [0.2, 0.25) is 0 Å². The van der Waals surface area contributed by atoms with E-state index in [1.54, 1.807) is 0 Å². The Labute approximate surface area is 197 Å². The highest BCUT2D eigenvalue weighted by molar-refractivity contribution is 7.80. The number of carbonyl (C=O) groups is 4. The van der Waals surface area contributed by atoms with Crippen LogP contribution in [0.4, 0.5) is 0 Å². The second-order valence-corrected chi connectivity index (χ2v) is 7.59. The van der Waals surface area contributed by atoms with E-state index in [9.17, 15) is 24.3 Å². The number of carboxylic acids is 1. The van der Waals surface area contributed by atoms with Crippen LogP contribution in [-0.2, 0) is 19.2 Å². The van der Waals surface area contributed by atoms with Crippen LogP contribution in [0.25, 0.3) is 0 Å². The summed E-state index contributed by atoms with van der Waals surface area (Å²) in [5.41, 5.74) is 21.4. The van der Waals surface area contributed by atoms with Gasteiger partial charge in [0, 0.05) is 12.3 Å². The number of hydrogen-bond acceptors (Lipinski definition) is 9. The van der Waals surface area contributed by atoms with Gasteiger partial charge in [-0.3, -0.25) is 19.4 Å². The van der Waals surface area contributed by atoms with Crippen LogP contribution in [0.3, 0.4) is 0 Å². The van der Waals surface area contributed by atoms with Gasteiger partial charge in [-0.1, -0.05) is 0 Å². The highest BCUT2D eigenvalue weighted by Gasteiger charge is 2.29. The van der Waals surface area contributed by atoms with Crippen molar-refractivity contribution < 1.29 is 29.4 Å². The second kappa shape index (κ2) is 16.9. The smallest absolute Gasteiger partial charge is 0.326 e. The lowest BCUT2D eigenvalue weighted by molar-refractivity contribution is -0.142. The number of aliphatic imine (C=N–C) groups is 1. The molecule has 3 amide bonds. The fourth-order valence-electron chi connectivity index (χ4n) is 2.62. The Kier molecular flexibility index (Phi) is 15.6. The van der Waals surface area contributed by atoms with Gasteiger partial charge in [-0.25, -0.2) is 4.79 Å². The normalized spacial score (nSPS) is 14.3. The van der Waals surface area contributed by atoms with Crippen molar-refractivity contribution in [3.05, 3.63) is 0 Å². The minimum atomic E-state index is -1.24. The number of nitrogens with zero attached hydrogens (tertiary/aromatic N) is 1. The van der Waals surface area contributed by atoms with E-state index in [4.69, 9.17) is 28.0 Å². The molecule has 190 valence electrons. The lowest BCUT2D eigenvalue weighted by Crippen LogP contribution is -2.58. The summed E-state index contributed by atoms with van der Waals surface area (Å²) in [4.78, 5) is 52.6. The molecule has 0 aliphatic heterocycles. The van der Waals surface area contributed by atoms with Crippen molar-refractivity contribution in [1.29, 1.82) is 0 Å². The molecule has 0 fully saturated rings.